The Hall–Kier alpha value is -2.64. The van der Waals surface area contributed by atoms with Crippen molar-refractivity contribution in [1.82, 2.24) is 10.6 Å². The predicted molar refractivity (Wildman–Crippen MR) is 98.9 cm³/mol. The molecule has 0 bridgehead atoms. The Kier molecular flexibility index (Phi) is 6.62. The predicted octanol–water partition coefficient (Wildman–Crippen LogP) is -0.423. The molecule has 2 amide bonds. The molecule has 7 heteroatoms. The quantitative estimate of drug-likeness (QED) is 0.392. The number of fused-ring (bicyclic) bond motifs is 1. The second-order valence-corrected chi connectivity index (χ2v) is 6.71. The van der Waals surface area contributed by atoms with Crippen molar-refractivity contribution >= 4 is 11.8 Å². The van der Waals surface area contributed by atoms with Gasteiger partial charge in [0.05, 0.1) is 19.4 Å². The maximum Gasteiger partial charge on any atom is 0.309 e. The van der Waals surface area contributed by atoms with Gasteiger partial charge in [-0.15, -0.1) is 0 Å². The van der Waals surface area contributed by atoms with Crippen LogP contribution in [0, 0.1) is 0 Å². The van der Waals surface area contributed by atoms with Gasteiger partial charge in [0.2, 0.25) is 0 Å². The molecule has 2 atom stereocenters. The Balaban J connectivity index is 1.63. The molecule has 2 heterocycles. The van der Waals surface area contributed by atoms with Gasteiger partial charge in [0.1, 0.15) is 6.54 Å². The van der Waals surface area contributed by atoms with Gasteiger partial charge in [0.25, 0.3) is 0 Å². The fraction of sp³-hybridized carbons (Fsp3) is 0.400. The van der Waals surface area contributed by atoms with Crippen LogP contribution in [-0.4, -0.2) is 43.2 Å². The molecule has 4 N–H and O–H groups in total. The fourth-order valence-electron chi connectivity index (χ4n) is 3.47. The van der Waals surface area contributed by atoms with Gasteiger partial charge in [-0.05, 0) is 24.1 Å². The van der Waals surface area contributed by atoms with E-state index in [4.69, 9.17) is 9.52 Å². The number of aliphatic hydroxyl groups excluding tert-OH is 1. The molecule has 7 nitrogen and oxygen atoms in total. The second kappa shape index (κ2) is 9.34. The van der Waals surface area contributed by atoms with E-state index in [9.17, 15) is 9.59 Å². The van der Waals surface area contributed by atoms with Crippen LogP contribution >= 0.6 is 0 Å². The third kappa shape index (κ3) is 4.96. The maximum absolute atomic E-state index is 12.1. The van der Waals surface area contributed by atoms with Crippen molar-refractivity contribution in [3.05, 3.63) is 59.5 Å². The molecule has 0 spiro atoms. The van der Waals surface area contributed by atoms with Gasteiger partial charge in [0, 0.05) is 25.1 Å². The van der Waals surface area contributed by atoms with Gasteiger partial charge in [-0.3, -0.25) is 9.59 Å². The zero-order valence-corrected chi connectivity index (χ0v) is 15.2. The van der Waals surface area contributed by atoms with Gasteiger partial charge in [-0.1, -0.05) is 24.3 Å². The summed E-state index contributed by atoms with van der Waals surface area (Å²) in [4.78, 5) is 25.2. The number of hydrogen-bond donors (Lipinski definition) is 4. The molecule has 1 aromatic heterocycles. The van der Waals surface area contributed by atoms with Gasteiger partial charge >= 0.3 is 11.8 Å². The molecule has 27 heavy (non-hydrogen) atoms. The molecule has 1 aliphatic rings. The number of hydrogen-bond acceptors (Lipinski definition) is 4. The first-order valence-corrected chi connectivity index (χ1v) is 9.30. The number of carbonyl (C=O) groups is 2. The topological polar surface area (TPSA) is 96.0 Å². The first kappa shape index (κ1) is 19.1. The molecule has 1 aromatic carbocycles. The summed E-state index contributed by atoms with van der Waals surface area (Å²) in [7, 11) is 0. The average Bonchev–Trinajstić information content (AvgIpc) is 3.22. The summed E-state index contributed by atoms with van der Waals surface area (Å²) in [5.41, 5.74) is 2.68. The molecule has 0 saturated carbocycles. The van der Waals surface area contributed by atoms with Crippen LogP contribution < -0.4 is 15.5 Å². The lowest BCUT2D eigenvalue weighted by molar-refractivity contribution is -0.946. The highest BCUT2D eigenvalue weighted by Gasteiger charge is 2.31. The van der Waals surface area contributed by atoms with Crippen molar-refractivity contribution in [2.24, 2.45) is 0 Å². The largest absolute Gasteiger partial charge is 0.463 e. The molecular weight excluding hydrogens is 346 g/mol. The van der Waals surface area contributed by atoms with Crippen LogP contribution in [0.4, 0.5) is 0 Å². The lowest BCUT2D eigenvalue weighted by Crippen LogP contribution is -3.12. The van der Waals surface area contributed by atoms with Crippen LogP contribution in [0.15, 0.2) is 47.1 Å². The fourth-order valence-corrected chi connectivity index (χ4v) is 3.47. The van der Waals surface area contributed by atoms with E-state index in [0.717, 1.165) is 25.3 Å². The number of nitrogens with one attached hydrogen (secondary N) is 3. The summed E-state index contributed by atoms with van der Waals surface area (Å²) >= 11 is 0. The Morgan fingerprint density at radius 1 is 1.11 bits per heavy atom. The molecule has 0 radical (unpaired) electrons. The summed E-state index contributed by atoms with van der Waals surface area (Å²) in [6, 6.07) is 12.1. The standard InChI is InChI=1S/C20H25N3O4/c24-11-4-9-21-19(25)20(26)22-13-17(18-7-3-12-27-18)23-10-8-15-5-1-2-6-16(15)14-23/h1-3,5-7,12,17,24H,4,8-11,13-14H2,(H,21,25)(H,22,26)/p+1/t17-/m0/s1. The van der Waals surface area contributed by atoms with E-state index < -0.39 is 11.8 Å². The lowest BCUT2D eigenvalue weighted by atomic mass is 9.98. The molecule has 1 aliphatic heterocycles. The Bertz CT molecular complexity index is 760. The molecular formula is C20H26N3O4+. The summed E-state index contributed by atoms with van der Waals surface area (Å²) < 4.78 is 5.61. The zero-order valence-electron chi connectivity index (χ0n) is 15.2. The minimum atomic E-state index is -0.680. The van der Waals surface area contributed by atoms with Crippen molar-refractivity contribution in [2.45, 2.75) is 25.4 Å². The molecule has 1 unspecified atom stereocenters. The Labute approximate surface area is 158 Å². The minimum absolute atomic E-state index is 0.0255. The number of quaternary nitrogens is 1. The van der Waals surface area contributed by atoms with Crippen LogP contribution in [0.5, 0.6) is 0 Å². The Morgan fingerprint density at radius 3 is 2.63 bits per heavy atom. The Morgan fingerprint density at radius 2 is 1.89 bits per heavy atom. The van der Waals surface area contributed by atoms with Crippen LogP contribution in [0.3, 0.4) is 0 Å². The molecule has 0 fully saturated rings. The number of carbonyl (C=O) groups excluding carboxylic acids is 2. The smallest absolute Gasteiger partial charge is 0.309 e. The van der Waals surface area contributed by atoms with E-state index in [1.807, 2.05) is 18.2 Å². The monoisotopic (exact) mass is 372 g/mol. The van der Waals surface area contributed by atoms with Crippen molar-refractivity contribution in [1.29, 1.82) is 0 Å². The summed E-state index contributed by atoms with van der Waals surface area (Å²) in [6.07, 6.45) is 3.02. The van der Waals surface area contributed by atoms with Crippen molar-refractivity contribution in [2.75, 3.05) is 26.2 Å². The van der Waals surface area contributed by atoms with Crippen molar-refractivity contribution in [3.8, 4) is 0 Å². The SMILES string of the molecule is O=C(NCCCO)C(=O)NC[C@@H](c1ccco1)[NH+]1CCc2ccccc2C1. The van der Waals surface area contributed by atoms with Crippen molar-refractivity contribution < 1.29 is 24.0 Å². The van der Waals surface area contributed by atoms with Gasteiger partial charge < -0.3 is 25.1 Å². The minimum Gasteiger partial charge on any atom is -0.463 e. The maximum atomic E-state index is 12.1. The van der Waals surface area contributed by atoms with Crippen LogP contribution in [0.25, 0.3) is 0 Å². The second-order valence-electron chi connectivity index (χ2n) is 6.71. The normalized spacial score (nSPS) is 17.0. The average molecular weight is 372 g/mol. The molecule has 0 saturated heterocycles. The highest BCUT2D eigenvalue weighted by atomic mass is 16.3. The third-order valence-corrected chi connectivity index (χ3v) is 4.92. The van der Waals surface area contributed by atoms with Crippen molar-refractivity contribution in [3.63, 3.8) is 0 Å². The number of benzene rings is 1. The van der Waals surface area contributed by atoms with Gasteiger partial charge in [0.15, 0.2) is 11.8 Å². The number of furan rings is 1. The summed E-state index contributed by atoms with van der Waals surface area (Å²) in [5.74, 6) is -0.549. The van der Waals surface area contributed by atoms with Crippen LogP contribution in [-0.2, 0) is 22.6 Å². The van der Waals surface area contributed by atoms with Gasteiger partial charge in [-0.25, -0.2) is 0 Å². The highest BCUT2D eigenvalue weighted by Crippen LogP contribution is 2.15. The molecule has 2 aromatic rings. The third-order valence-electron chi connectivity index (χ3n) is 4.92. The van der Waals surface area contributed by atoms with Crippen LogP contribution in [0.2, 0.25) is 0 Å². The van der Waals surface area contributed by atoms with E-state index in [0.29, 0.717) is 13.0 Å². The molecule has 3 rings (SSSR count). The van der Waals surface area contributed by atoms with Gasteiger partial charge in [-0.2, -0.15) is 0 Å². The van der Waals surface area contributed by atoms with E-state index in [-0.39, 0.29) is 19.2 Å². The first-order valence-electron chi connectivity index (χ1n) is 9.30. The zero-order chi connectivity index (χ0) is 19.1. The lowest BCUT2D eigenvalue weighted by Gasteiger charge is -2.31. The number of amides is 2. The highest BCUT2D eigenvalue weighted by molar-refractivity contribution is 6.35. The number of aliphatic hydroxyl groups is 1. The van der Waals surface area contributed by atoms with E-state index in [1.54, 1.807) is 6.26 Å². The first-order chi connectivity index (χ1) is 13.2. The van der Waals surface area contributed by atoms with E-state index in [1.165, 1.54) is 16.0 Å². The van der Waals surface area contributed by atoms with Crippen LogP contribution in [0.1, 0.15) is 29.3 Å². The summed E-state index contributed by atoms with van der Waals surface area (Å²) in [6.45, 7) is 2.35. The van der Waals surface area contributed by atoms with E-state index >= 15 is 0 Å². The van der Waals surface area contributed by atoms with E-state index in [2.05, 4.69) is 28.8 Å². The summed E-state index contributed by atoms with van der Waals surface area (Å²) in [5, 5.41) is 14.0. The number of rotatable bonds is 7. The molecule has 144 valence electrons. The molecule has 0 aliphatic carbocycles.